The Labute approximate surface area is 172 Å². The summed E-state index contributed by atoms with van der Waals surface area (Å²) in [6, 6.07) is 16.4. The number of hydrogen-bond donors (Lipinski definition) is 1. The van der Waals surface area contributed by atoms with Crippen molar-refractivity contribution >= 4 is 34.8 Å². The third-order valence-electron chi connectivity index (χ3n) is 4.27. The highest BCUT2D eigenvalue weighted by molar-refractivity contribution is 7.03. The van der Waals surface area contributed by atoms with Crippen molar-refractivity contribution in [3.8, 4) is 0 Å². The number of nitrogens with zero attached hydrogens (tertiary/aromatic N) is 3. The molecule has 0 bridgehead atoms. The highest BCUT2D eigenvalue weighted by Gasteiger charge is 2.23. The second-order valence-corrected chi connectivity index (χ2v) is 6.98. The van der Waals surface area contributed by atoms with Crippen LogP contribution in [0, 0.1) is 0 Å². The molecule has 8 heteroatoms. The molecule has 7 nitrogen and oxygen atoms in total. The van der Waals surface area contributed by atoms with Crippen LogP contribution in [-0.4, -0.2) is 40.3 Å². The summed E-state index contributed by atoms with van der Waals surface area (Å²) < 4.78 is 3.72. The van der Waals surface area contributed by atoms with Crippen LogP contribution in [0.2, 0.25) is 0 Å². The summed E-state index contributed by atoms with van der Waals surface area (Å²) >= 11 is 1.06. The Bertz CT molecular complexity index is 990. The van der Waals surface area contributed by atoms with Gasteiger partial charge in [0.2, 0.25) is 5.91 Å². The van der Waals surface area contributed by atoms with Gasteiger partial charge < -0.3 is 5.32 Å². The van der Waals surface area contributed by atoms with Crippen LogP contribution in [0.3, 0.4) is 0 Å². The van der Waals surface area contributed by atoms with Crippen LogP contribution in [0.15, 0.2) is 60.0 Å². The number of benzene rings is 2. The second-order valence-electron chi connectivity index (χ2n) is 6.37. The maximum atomic E-state index is 12.9. The van der Waals surface area contributed by atoms with E-state index in [2.05, 4.69) is 14.9 Å². The Morgan fingerprint density at radius 1 is 1.07 bits per heavy atom. The van der Waals surface area contributed by atoms with Gasteiger partial charge in [-0.05, 0) is 42.6 Å². The van der Waals surface area contributed by atoms with E-state index >= 15 is 0 Å². The van der Waals surface area contributed by atoms with Gasteiger partial charge in [-0.15, -0.1) is 5.10 Å². The Hall–Kier alpha value is -3.39. The fourth-order valence-electron chi connectivity index (χ4n) is 2.76. The quantitative estimate of drug-likeness (QED) is 0.579. The first kappa shape index (κ1) is 20.3. The summed E-state index contributed by atoms with van der Waals surface area (Å²) in [5, 5.41) is 8.17. The number of rotatable bonds is 8. The summed E-state index contributed by atoms with van der Waals surface area (Å²) in [6.07, 6.45) is 0.691. The number of carbonyl (C=O) groups excluding carboxylic acids is 3. The number of amides is 2. The highest BCUT2D eigenvalue weighted by Crippen LogP contribution is 2.19. The molecular weight excluding hydrogens is 388 g/mol. The summed E-state index contributed by atoms with van der Waals surface area (Å²) in [5.74, 6) is -0.870. The average molecular weight is 408 g/mol. The van der Waals surface area contributed by atoms with Gasteiger partial charge in [0, 0.05) is 23.2 Å². The molecule has 2 amide bonds. The smallest absolute Gasteiger partial charge is 0.280 e. The molecular formula is C21H20N4O3S. The molecule has 0 aliphatic rings. The lowest BCUT2D eigenvalue weighted by Gasteiger charge is -2.22. The first-order chi connectivity index (χ1) is 14.0. The van der Waals surface area contributed by atoms with Crippen LogP contribution < -0.4 is 10.2 Å². The lowest BCUT2D eigenvalue weighted by atomic mass is 10.1. The van der Waals surface area contributed by atoms with Crippen LogP contribution in [0.25, 0.3) is 0 Å². The molecule has 0 aliphatic heterocycles. The number of carbonyl (C=O) groups is 3. The molecule has 1 heterocycles. The molecule has 0 aliphatic carbocycles. The van der Waals surface area contributed by atoms with Gasteiger partial charge in [0.1, 0.15) is 6.54 Å². The molecule has 0 radical (unpaired) electrons. The van der Waals surface area contributed by atoms with Gasteiger partial charge in [0.05, 0.1) is 0 Å². The molecule has 1 N–H and O–H groups in total. The number of anilines is 1. The number of hydrogen-bond acceptors (Lipinski definition) is 6. The van der Waals surface area contributed by atoms with Crippen molar-refractivity contribution in [1.82, 2.24) is 14.9 Å². The standard InChI is InChI=1S/C21H20N4O3S/c1-15(26)17-8-5-9-18(12-17)25(21(28)19-14-29-24-23-19)13-20(27)22-11-10-16-6-3-2-4-7-16/h2-9,12,14H,10-11,13H2,1H3,(H,22,27). The summed E-state index contributed by atoms with van der Waals surface area (Å²) in [6.45, 7) is 1.72. The topological polar surface area (TPSA) is 92.3 Å². The Morgan fingerprint density at radius 3 is 2.55 bits per heavy atom. The summed E-state index contributed by atoms with van der Waals surface area (Å²) in [7, 11) is 0. The minimum atomic E-state index is -0.447. The second kappa shape index (κ2) is 9.70. The first-order valence-electron chi connectivity index (χ1n) is 9.05. The van der Waals surface area contributed by atoms with Gasteiger partial charge in [0.25, 0.3) is 5.91 Å². The normalized spacial score (nSPS) is 10.4. The Morgan fingerprint density at radius 2 is 1.86 bits per heavy atom. The van der Waals surface area contributed by atoms with E-state index in [0.29, 0.717) is 24.2 Å². The first-order valence-corrected chi connectivity index (χ1v) is 9.89. The summed E-state index contributed by atoms with van der Waals surface area (Å²) in [5.41, 5.74) is 2.18. The van der Waals surface area contributed by atoms with E-state index in [9.17, 15) is 14.4 Å². The van der Waals surface area contributed by atoms with Crippen molar-refractivity contribution in [2.45, 2.75) is 13.3 Å². The van der Waals surface area contributed by atoms with Crippen molar-refractivity contribution < 1.29 is 14.4 Å². The van der Waals surface area contributed by atoms with Gasteiger partial charge in [-0.2, -0.15) is 0 Å². The third kappa shape index (κ3) is 5.55. The van der Waals surface area contributed by atoms with Crippen molar-refractivity contribution in [3.63, 3.8) is 0 Å². The molecule has 0 saturated carbocycles. The molecule has 0 spiro atoms. The lowest BCUT2D eigenvalue weighted by Crippen LogP contribution is -2.41. The fourth-order valence-corrected chi connectivity index (χ4v) is 3.19. The van der Waals surface area contributed by atoms with Gasteiger partial charge in [-0.3, -0.25) is 19.3 Å². The van der Waals surface area contributed by atoms with E-state index in [1.54, 1.807) is 24.3 Å². The highest BCUT2D eigenvalue weighted by atomic mass is 32.1. The zero-order valence-electron chi connectivity index (χ0n) is 15.9. The molecule has 3 rings (SSSR count). The van der Waals surface area contributed by atoms with E-state index < -0.39 is 5.91 Å². The monoisotopic (exact) mass is 408 g/mol. The zero-order chi connectivity index (χ0) is 20.6. The average Bonchev–Trinajstić information content (AvgIpc) is 3.27. The van der Waals surface area contributed by atoms with Gasteiger partial charge >= 0.3 is 0 Å². The largest absolute Gasteiger partial charge is 0.354 e. The molecule has 2 aromatic carbocycles. The third-order valence-corrected chi connectivity index (χ3v) is 4.77. The SMILES string of the molecule is CC(=O)c1cccc(N(CC(=O)NCCc2ccccc2)C(=O)c2csnn2)c1. The molecule has 0 saturated heterocycles. The van der Waals surface area contributed by atoms with Crippen LogP contribution >= 0.6 is 11.5 Å². The maximum Gasteiger partial charge on any atom is 0.280 e. The predicted octanol–water partition coefficient (Wildman–Crippen LogP) is 2.75. The number of aromatic nitrogens is 2. The minimum Gasteiger partial charge on any atom is -0.354 e. The summed E-state index contributed by atoms with van der Waals surface area (Å²) in [4.78, 5) is 38.4. The fraction of sp³-hybridized carbons (Fsp3) is 0.190. The van der Waals surface area contributed by atoms with E-state index in [4.69, 9.17) is 0 Å². The van der Waals surface area contributed by atoms with Crippen molar-refractivity contribution in [2.24, 2.45) is 0 Å². The maximum absolute atomic E-state index is 12.9. The minimum absolute atomic E-state index is 0.123. The van der Waals surface area contributed by atoms with E-state index in [0.717, 1.165) is 17.1 Å². The van der Waals surface area contributed by atoms with Crippen molar-refractivity contribution in [3.05, 3.63) is 76.8 Å². The number of nitrogens with one attached hydrogen (secondary N) is 1. The van der Waals surface area contributed by atoms with E-state index in [1.807, 2.05) is 30.3 Å². The van der Waals surface area contributed by atoms with Crippen LogP contribution in [-0.2, 0) is 11.2 Å². The Balaban J connectivity index is 1.73. The predicted molar refractivity (Wildman–Crippen MR) is 111 cm³/mol. The van der Waals surface area contributed by atoms with Gasteiger partial charge in [0.15, 0.2) is 11.5 Å². The Kier molecular flexibility index (Phi) is 6.80. The zero-order valence-corrected chi connectivity index (χ0v) is 16.7. The molecule has 148 valence electrons. The number of Topliss-reactive ketones (excluding diaryl/α,β-unsaturated/α-hetero) is 1. The molecule has 0 unspecified atom stereocenters. The van der Waals surface area contributed by atoms with Crippen molar-refractivity contribution in [2.75, 3.05) is 18.0 Å². The van der Waals surface area contributed by atoms with Crippen LogP contribution in [0.5, 0.6) is 0 Å². The van der Waals surface area contributed by atoms with Crippen LogP contribution in [0.1, 0.15) is 33.3 Å². The molecule has 1 aromatic heterocycles. The van der Waals surface area contributed by atoms with Gasteiger partial charge in [-0.1, -0.05) is 47.0 Å². The molecule has 3 aromatic rings. The molecule has 29 heavy (non-hydrogen) atoms. The van der Waals surface area contributed by atoms with Crippen LogP contribution in [0.4, 0.5) is 5.69 Å². The lowest BCUT2D eigenvalue weighted by molar-refractivity contribution is -0.119. The van der Waals surface area contributed by atoms with Gasteiger partial charge in [-0.25, -0.2) is 0 Å². The number of ketones is 1. The molecule has 0 fully saturated rings. The van der Waals surface area contributed by atoms with E-state index in [1.165, 1.54) is 17.2 Å². The van der Waals surface area contributed by atoms with E-state index in [-0.39, 0.29) is 23.9 Å². The van der Waals surface area contributed by atoms with Crippen molar-refractivity contribution in [1.29, 1.82) is 0 Å². The molecule has 0 atom stereocenters.